The van der Waals surface area contributed by atoms with Crippen LogP contribution in [0.1, 0.15) is 32.6 Å². The Bertz CT molecular complexity index is 152. The second kappa shape index (κ2) is 7.20. The first-order valence-electron chi connectivity index (χ1n) is 6.25. The number of unbranched alkanes of at least 4 members (excludes halogenated alkanes) is 1. The van der Waals surface area contributed by atoms with Crippen LogP contribution in [0.3, 0.4) is 0 Å². The lowest BCUT2D eigenvalue weighted by Gasteiger charge is -2.34. The molecule has 1 fully saturated rings. The summed E-state index contributed by atoms with van der Waals surface area (Å²) < 4.78 is 0. The van der Waals surface area contributed by atoms with Gasteiger partial charge >= 0.3 is 0 Å². The summed E-state index contributed by atoms with van der Waals surface area (Å²) in [5.41, 5.74) is 0. The third-order valence-corrected chi connectivity index (χ3v) is 3.60. The molecular weight excluding hydrogens is 190 g/mol. The van der Waals surface area contributed by atoms with Gasteiger partial charge in [0.25, 0.3) is 0 Å². The minimum absolute atomic E-state index is 0.110. The van der Waals surface area contributed by atoms with E-state index in [1.807, 2.05) is 0 Å². The van der Waals surface area contributed by atoms with Gasteiger partial charge in [-0.1, -0.05) is 13.3 Å². The molecule has 0 aromatic rings. The van der Waals surface area contributed by atoms with Crippen LogP contribution in [0.25, 0.3) is 0 Å². The summed E-state index contributed by atoms with van der Waals surface area (Å²) in [7, 11) is 0. The summed E-state index contributed by atoms with van der Waals surface area (Å²) in [5.74, 6) is 0.635. The van der Waals surface area contributed by atoms with Gasteiger partial charge in [0.05, 0.1) is 0 Å². The number of hydrogen-bond donors (Lipinski definition) is 2. The Balaban J connectivity index is 2.22. The molecule has 1 saturated heterocycles. The van der Waals surface area contributed by atoms with Gasteiger partial charge in [-0.3, -0.25) is 0 Å². The summed E-state index contributed by atoms with van der Waals surface area (Å²) >= 11 is 0. The number of hydrogen-bond acceptors (Lipinski definition) is 3. The molecule has 1 aliphatic heterocycles. The van der Waals surface area contributed by atoms with Gasteiger partial charge in [0.1, 0.15) is 0 Å². The molecule has 90 valence electrons. The molecule has 0 radical (unpaired) electrons. The van der Waals surface area contributed by atoms with E-state index in [0.29, 0.717) is 5.92 Å². The maximum absolute atomic E-state index is 9.11. The molecule has 1 heterocycles. The van der Waals surface area contributed by atoms with Gasteiger partial charge in [0.15, 0.2) is 0 Å². The smallest absolute Gasteiger partial charge is 0.0483 e. The molecule has 2 N–H and O–H groups in total. The van der Waals surface area contributed by atoms with Gasteiger partial charge in [-0.25, -0.2) is 0 Å². The van der Waals surface area contributed by atoms with Crippen LogP contribution < -0.4 is 0 Å². The fourth-order valence-electron chi connectivity index (χ4n) is 2.39. The molecule has 0 aliphatic carbocycles. The van der Waals surface area contributed by atoms with Gasteiger partial charge in [-0.15, -0.1) is 0 Å². The molecule has 0 amide bonds. The molecule has 0 atom stereocenters. The van der Waals surface area contributed by atoms with Crippen molar-refractivity contribution in [3.63, 3.8) is 0 Å². The van der Waals surface area contributed by atoms with Crippen LogP contribution >= 0.6 is 0 Å². The van der Waals surface area contributed by atoms with Crippen molar-refractivity contribution < 1.29 is 10.2 Å². The highest BCUT2D eigenvalue weighted by atomic mass is 16.3. The first kappa shape index (κ1) is 12.9. The van der Waals surface area contributed by atoms with Crippen molar-refractivity contribution in [2.45, 2.75) is 32.6 Å². The minimum atomic E-state index is 0.110. The molecule has 0 unspecified atom stereocenters. The Morgan fingerprint density at radius 3 is 2.27 bits per heavy atom. The lowest BCUT2D eigenvalue weighted by Crippen LogP contribution is -2.38. The fourth-order valence-corrected chi connectivity index (χ4v) is 2.39. The first-order chi connectivity index (χ1) is 7.31. The third kappa shape index (κ3) is 4.09. The fraction of sp³-hybridized carbons (Fsp3) is 1.00. The zero-order valence-corrected chi connectivity index (χ0v) is 9.86. The summed E-state index contributed by atoms with van der Waals surface area (Å²) in [4.78, 5) is 2.51. The normalized spacial score (nSPS) is 20.0. The second-order valence-electron chi connectivity index (χ2n) is 4.66. The van der Waals surface area contributed by atoms with Crippen molar-refractivity contribution >= 4 is 0 Å². The molecule has 0 spiro atoms. The first-order valence-corrected chi connectivity index (χ1v) is 6.25. The molecule has 0 aromatic heterocycles. The number of nitrogens with zero attached hydrogens (tertiary/aromatic N) is 1. The van der Waals surface area contributed by atoms with Crippen molar-refractivity contribution in [3.8, 4) is 0 Å². The van der Waals surface area contributed by atoms with Crippen LogP contribution in [-0.2, 0) is 0 Å². The second-order valence-corrected chi connectivity index (χ2v) is 4.66. The zero-order valence-electron chi connectivity index (χ0n) is 9.86. The van der Waals surface area contributed by atoms with E-state index in [2.05, 4.69) is 11.8 Å². The van der Waals surface area contributed by atoms with Crippen LogP contribution in [0.15, 0.2) is 0 Å². The minimum Gasteiger partial charge on any atom is -0.396 e. The van der Waals surface area contributed by atoms with Gasteiger partial charge in [-0.05, 0) is 44.8 Å². The van der Waals surface area contributed by atoms with Gasteiger partial charge in [-0.2, -0.15) is 0 Å². The third-order valence-electron chi connectivity index (χ3n) is 3.60. The number of aliphatic hydroxyl groups is 2. The van der Waals surface area contributed by atoms with Crippen LogP contribution in [0.2, 0.25) is 0 Å². The molecule has 0 saturated carbocycles. The van der Waals surface area contributed by atoms with Crippen molar-refractivity contribution in [3.05, 3.63) is 0 Å². The van der Waals surface area contributed by atoms with E-state index in [9.17, 15) is 0 Å². The molecule has 0 aromatic carbocycles. The van der Waals surface area contributed by atoms with Crippen molar-refractivity contribution in [1.29, 1.82) is 0 Å². The van der Waals surface area contributed by atoms with Crippen LogP contribution in [0.5, 0.6) is 0 Å². The number of rotatable bonds is 6. The summed E-state index contributed by atoms with van der Waals surface area (Å²) in [6, 6.07) is 0. The van der Waals surface area contributed by atoms with E-state index >= 15 is 0 Å². The van der Waals surface area contributed by atoms with E-state index < -0.39 is 0 Å². The van der Waals surface area contributed by atoms with E-state index in [1.54, 1.807) is 0 Å². The Kier molecular flexibility index (Phi) is 6.22. The predicted octanol–water partition coefficient (Wildman–Crippen LogP) is 1.10. The van der Waals surface area contributed by atoms with Crippen molar-refractivity contribution in [1.82, 2.24) is 4.90 Å². The highest BCUT2D eigenvalue weighted by molar-refractivity contribution is 4.77. The predicted molar refractivity (Wildman–Crippen MR) is 61.7 cm³/mol. The SMILES string of the molecule is CCCCN1CCC(C(CO)CO)CC1. The molecule has 1 aliphatic rings. The Labute approximate surface area is 93.1 Å². The Hall–Kier alpha value is -0.120. The molecule has 1 rings (SSSR count). The van der Waals surface area contributed by atoms with Crippen LogP contribution in [0.4, 0.5) is 0 Å². The largest absolute Gasteiger partial charge is 0.396 e. The standard InChI is InChI=1S/C12H25NO2/c1-2-3-6-13-7-4-11(5-8-13)12(9-14)10-15/h11-12,14-15H,2-10H2,1H3. The quantitative estimate of drug-likeness (QED) is 0.697. The van der Waals surface area contributed by atoms with Crippen molar-refractivity contribution in [2.75, 3.05) is 32.8 Å². The molecular formula is C12H25NO2. The Morgan fingerprint density at radius 1 is 1.20 bits per heavy atom. The maximum Gasteiger partial charge on any atom is 0.0483 e. The molecule has 15 heavy (non-hydrogen) atoms. The van der Waals surface area contributed by atoms with E-state index in [0.717, 1.165) is 25.9 Å². The average Bonchev–Trinajstić information content (AvgIpc) is 2.29. The molecule has 3 heteroatoms. The number of likely N-dealkylation sites (tertiary alicyclic amines) is 1. The average molecular weight is 215 g/mol. The summed E-state index contributed by atoms with van der Waals surface area (Å²) in [5, 5.41) is 18.2. The highest BCUT2D eigenvalue weighted by Gasteiger charge is 2.25. The van der Waals surface area contributed by atoms with Gasteiger partial charge < -0.3 is 15.1 Å². The lowest BCUT2D eigenvalue weighted by molar-refractivity contribution is 0.0664. The van der Waals surface area contributed by atoms with Gasteiger partial charge in [0, 0.05) is 19.1 Å². The molecule has 3 nitrogen and oxygen atoms in total. The van der Waals surface area contributed by atoms with E-state index in [1.165, 1.54) is 19.4 Å². The monoisotopic (exact) mass is 215 g/mol. The topological polar surface area (TPSA) is 43.7 Å². The Morgan fingerprint density at radius 2 is 1.80 bits per heavy atom. The van der Waals surface area contributed by atoms with E-state index in [4.69, 9.17) is 10.2 Å². The van der Waals surface area contributed by atoms with Crippen molar-refractivity contribution in [2.24, 2.45) is 11.8 Å². The van der Waals surface area contributed by atoms with E-state index in [-0.39, 0.29) is 19.1 Å². The number of aliphatic hydroxyl groups excluding tert-OH is 2. The molecule has 0 bridgehead atoms. The van der Waals surface area contributed by atoms with Crippen LogP contribution in [0, 0.1) is 11.8 Å². The van der Waals surface area contributed by atoms with Gasteiger partial charge in [0.2, 0.25) is 0 Å². The lowest BCUT2D eigenvalue weighted by atomic mass is 9.85. The van der Waals surface area contributed by atoms with Crippen LogP contribution in [-0.4, -0.2) is 48.0 Å². The highest BCUT2D eigenvalue weighted by Crippen LogP contribution is 2.24. The summed E-state index contributed by atoms with van der Waals surface area (Å²) in [6.07, 6.45) is 4.81. The maximum atomic E-state index is 9.11. The summed E-state index contributed by atoms with van der Waals surface area (Å²) in [6.45, 7) is 5.99. The number of piperidine rings is 1. The zero-order chi connectivity index (χ0) is 11.1.